The maximum Gasteiger partial charge on any atom is 0.344 e. The van der Waals surface area contributed by atoms with Crippen molar-refractivity contribution in [1.82, 2.24) is 4.98 Å². The number of rotatable bonds is 7. The zero-order valence-corrected chi connectivity index (χ0v) is 18.8. The number of carbonyl (C=O) groups excluding carboxylic acids is 1. The number of halogens is 2. The average Bonchev–Trinajstić information content (AvgIpc) is 2.82. The monoisotopic (exact) mass is 467 g/mol. The second kappa shape index (κ2) is 10.0. The van der Waals surface area contributed by atoms with Gasteiger partial charge in [-0.25, -0.2) is 14.2 Å². The smallest absolute Gasteiger partial charge is 0.344 e. The van der Waals surface area contributed by atoms with Gasteiger partial charge in [0.15, 0.2) is 0 Å². The maximum atomic E-state index is 13.4. The molecule has 1 aromatic heterocycles. The minimum Gasteiger partial charge on any atom is -0.487 e. The van der Waals surface area contributed by atoms with Gasteiger partial charge in [0.1, 0.15) is 28.8 Å². The molecule has 32 heavy (non-hydrogen) atoms. The van der Waals surface area contributed by atoms with Crippen LogP contribution in [0.15, 0.2) is 77.8 Å². The van der Waals surface area contributed by atoms with Crippen LogP contribution in [-0.2, 0) is 17.1 Å². The normalized spacial score (nSPS) is 10.8. The number of esters is 1. The lowest BCUT2D eigenvalue weighted by Crippen LogP contribution is -2.10. The molecule has 0 N–H and O–H groups in total. The molecule has 4 aromatic rings. The summed E-state index contributed by atoms with van der Waals surface area (Å²) in [5.41, 5.74) is 2.65. The standard InChI is InChI=1S/C25H19ClFNO3S/c1-30-25(29)22-23(31-14-17-11-12-18(27)13-20(17)26)19-9-5-6-10-21(19)28-24(22)32-15-16-7-3-2-4-8-16/h2-13H,14-15H2,1H3. The third kappa shape index (κ3) is 4.87. The molecule has 0 spiro atoms. The molecule has 0 amide bonds. The fourth-order valence-corrected chi connectivity index (χ4v) is 4.41. The van der Waals surface area contributed by atoms with Gasteiger partial charge >= 0.3 is 5.97 Å². The van der Waals surface area contributed by atoms with Crippen molar-refractivity contribution >= 4 is 40.2 Å². The van der Waals surface area contributed by atoms with Crippen LogP contribution in [0.4, 0.5) is 4.39 Å². The van der Waals surface area contributed by atoms with Gasteiger partial charge in [-0.15, -0.1) is 11.8 Å². The molecule has 0 aliphatic carbocycles. The number of nitrogens with zero attached hydrogens (tertiary/aromatic N) is 1. The molecule has 0 saturated heterocycles. The lowest BCUT2D eigenvalue weighted by Gasteiger charge is -2.17. The van der Waals surface area contributed by atoms with Gasteiger partial charge in [-0.2, -0.15) is 0 Å². The molecule has 0 bridgehead atoms. The molecule has 4 nitrogen and oxygen atoms in total. The fourth-order valence-electron chi connectivity index (χ4n) is 3.21. The molecule has 3 aromatic carbocycles. The number of hydrogen-bond acceptors (Lipinski definition) is 5. The molecule has 0 radical (unpaired) electrons. The van der Waals surface area contributed by atoms with E-state index in [-0.39, 0.29) is 17.2 Å². The number of aromatic nitrogens is 1. The van der Waals surface area contributed by atoms with E-state index in [4.69, 9.17) is 26.1 Å². The molecule has 7 heteroatoms. The third-order valence-electron chi connectivity index (χ3n) is 4.81. The summed E-state index contributed by atoms with van der Waals surface area (Å²) in [5, 5.41) is 1.44. The first-order valence-electron chi connectivity index (χ1n) is 9.81. The molecule has 4 rings (SSSR count). The molecule has 0 unspecified atom stereocenters. The topological polar surface area (TPSA) is 48.4 Å². The number of hydrogen-bond donors (Lipinski definition) is 0. The van der Waals surface area contributed by atoms with Crippen LogP contribution in [0.5, 0.6) is 5.75 Å². The molecule has 0 saturated carbocycles. The Bertz CT molecular complexity index is 1270. The molecule has 0 atom stereocenters. The van der Waals surface area contributed by atoms with E-state index in [0.717, 1.165) is 5.56 Å². The molecular formula is C25H19ClFNO3S. The van der Waals surface area contributed by atoms with Crippen LogP contribution in [0.2, 0.25) is 5.02 Å². The van der Waals surface area contributed by atoms with E-state index in [2.05, 4.69) is 0 Å². The first-order chi connectivity index (χ1) is 15.6. The number of methoxy groups -OCH3 is 1. The second-order valence-corrected chi connectivity index (χ2v) is 8.30. The maximum absolute atomic E-state index is 13.4. The molecule has 0 fully saturated rings. The highest BCUT2D eigenvalue weighted by Crippen LogP contribution is 2.37. The first-order valence-corrected chi connectivity index (χ1v) is 11.2. The summed E-state index contributed by atoms with van der Waals surface area (Å²) in [6.45, 7) is 0.0555. The van der Waals surface area contributed by atoms with Crippen molar-refractivity contribution < 1.29 is 18.7 Å². The third-order valence-corrected chi connectivity index (χ3v) is 6.20. The van der Waals surface area contributed by atoms with Crippen LogP contribution >= 0.6 is 23.4 Å². The summed E-state index contributed by atoms with van der Waals surface area (Å²) in [6.07, 6.45) is 0. The Morgan fingerprint density at radius 3 is 2.56 bits per heavy atom. The van der Waals surface area contributed by atoms with Gasteiger partial charge in [-0.05, 0) is 29.8 Å². The number of thioether (sulfide) groups is 1. The van der Waals surface area contributed by atoms with E-state index < -0.39 is 11.8 Å². The lowest BCUT2D eigenvalue weighted by molar-refractivity contribution is 0.0590. The number of pyridine rings is 1. The van der Waals surface area contributed by atoms with Crippen LogP contribution < -0.4 is 4.74 Å². The van der Waals surface area contributed by atoms with Crippen molar-refractivity contribution in [3.8, 4) is 5.75 Å². The Kier molecular flexibility index (Phi) is 6.93. The average molecular weight is 468 g/mol. The van der Waals surface area contributed by atoms with E-state index in [1.165, 1.54) is 31.0 Å². The Labute approximate surface area is 194 Å². The lowest BCUT2D eigenvalue weighted by atomic mass is 10.1. The minimum atomic E-state index is -0.543. The molecule has 1 heterocycles. The Morgan fingerprint density at radius 2 is 1.81 bits per heavy atom. The highest BCUT2D eigenvalue weighted by Gasteiger charge is 2.24. The van der Waals surface area contributed by atoms with Crippen molar-refractivity contribution in [1.29, 1.82) is 0 Å². The van der Waals surface area contributed by atoms with Gasteiger partial charge < -0.3 is 9.47 Å². The zero-order valence-electron chi connectivity index (χ0n) is 17.2. The van der Waals surface area contributed by atoms with Crippen LogP contribution in [0, 0.1) is 5.82 Å². The Morgan fingerprint density at radius 1 is 1.06 bits per heavy atom. The van der Waals surface area contributed by atoms with Gasteiger partial charge in [-0.1, -0.05) is 60.1 Å². The van der Waals surface area contributed by atoms with E-state index in [1.54, 1.807) is 6.07 Å². The minimum absolute atomic E-state index is 0.0555. The van der Waals surface area contributed by atoms with Crippen LogP contribution in [0.3, 0.4) is 0 Å². The largest absolute Gasteiger partial charge is 0.487 e. The van der Waals surface area contributed by atoms with Gasteiger partial charge in [0.25, 0.3) is 0 Å². The molecule has 0 aliphatic rings. The zero-order chi connectivity index (χ0) is 22.5. The van der Waals surface area contributed by atoms with Gasteiger partial charge in [-0.3, -0.25) is 0 Å². The van der Waals surface area contributed by atoms with Crippen LogP contribution in [-0.4, -0.2) is 18.1 Å². The summed E-state index contributed by atoms with van der Waals surface area (Å²) in [5.74, 6) is 0.0137. The highest BCUT2D eigenvalue weighted by molar-refractivity contribution is 7.98. The number of carbonyl (C=O) groups is 1. The van der Waals surface area contributed by atoms with E-state index >= 15 is 0 Å². The van der Waals surface area contributed by atoms with Crippen molar-refractivity contribution in [2.75, 3.05) is 7.11 Å². The van der Waals surface area contributed by atoms with Crippen molar-refractivity contribution in [2.24, 2.45) is 0 Å². The SMILES string of the molecule is COC(=O)c1c(SCc2ccccc2)nc2ccccc2c1OCc1ccc(F)cc1Cl. The van der Waals surface area contributed by atoms with Crippen LogP contribution in [0.25, 0.3) is 10.9 Å². The summed E-state index contributed by atoms with van der Waals surface area (Å²) in [7, 11) is 1.32. The van der Waals surface area contributed by atoms with Crippen molar-refractivity contribution in [3.05, 3.63) is 100 Å². The van der Waals surface area contributed by atoms with Gasteiger partial charge in [0.2, 0.25) is 0 Å². The van der Waals surface area contributed by atoms with Gasteiger partial charge in [0, 0.05) is 16.7 Å². The van der Waals surface area contributed by atoms with Crippen molar-refractivity contribution in [3.63, 3.8) is 0 Å². The Hall–Kier alpha value is -3.09. The van der Waals surface area contributed by atoms with Crippen molar-refractivity contribution in [2.45, 2.75) is 17.4 Å². The van der Waals surface area contributed by atoms with E-state index in [0.29, 0.717) is 33.0 Å². The quantitative estimate of drug-likeness (QED) is 0.224. The van der Waals surface area contributed by atoms with E-state index in [9.17, 15) is 9.18 Å². The number of ether oxygens (including phenoxy) is 2. The van der Waals surface area contributed by atoms with Gasteiger partial charge in [0.05, 0.1) is 17.6 Å². The molecular weight excluding hydrogens is 449 g/mol. The number of benzene rings is 3. The predicted molar refractivity (Wildman–Crippen MR) is 125 cm³/mol. The first kappa shape index (κ1) is 22.1. The summed E-state index contributed by atoms with van der Waals surface area (Å²) >= 11 is 7.60. The number of fused-ring (bicyclic) bond motifs is 1. The second-order valence-electron chi connectivity index (χ2n) is 6.93. The number of para-hydroxylation sites is 1. The predicted octanol–water partition coefficient (Wildman–Crippen LogP) is 6.69. The van der Waals surface area contributed by atoms with Crippen LogP contribution in [0.1, 0.15) is 21.5 Å². The summed E-state index contributed by atoms with van der Waals surface area (Å²) in [4.78, 5) is 17.5. The Balaban J connectivity index is 1.76. The molecule has 162 valence electrons. The molecule has 0 aliphatic heterocycles. The summed E-state index contributed by atoms with van der Waals surface area (Å²) in [6, 6.07) is 21.4. The van der Waals surface area contributed by atoms with E-state index in [1.807, 2.05) is 54.6 Å². The fraction of sp³-hybridized carbons (Fsp3) is 0.120. The summed E-state index contributed by atoms with van der Waals surface area (Å²) < 4.78 is 24.6. The highest BCUT2D eigenvalue weighted by atomic mass is 35.5.